The summed E-state index contributed by atoms with van der Waals surface area (Å²) in [6.45, 7) is 0.634. The van der Waals surface area contributed by atoms with Crippen LogP contribution in [-0.4, -0.2) is 29.5 Å². The van der Waals surface area contributed by atoms with Crippen molar-refractivity contribution < 1.29 is 14.6 Å². The van der Waals surface area contributed by atoms with Gasteiger partial charge in [0.2, 0.25) is 0 Å². The van der Waals surface area contributed by atoms with Crippen molar-refractivity contribution in [3.8, 4) is 0 Å². The van der Waals surface area contributed by atoms with Crippen LogP contribution in [0.1, 0.15) is 12.8 Å². The van der Waals surface area contributed by atoms with Crippen LogP contribution in [-0.2, 0) is 9.53 Å². The Labute approximate surface area is 71.1 Å². The highest BCUT2D eigenvalue weighted by molar-refractivity contribution is 7.96. The minimum Gasteiger partial charge on any atom is -0.394 e. The highest BCUT2D eigenvalue weighted by atomic mass is 32.1. The maximum Gasteiger partial charge on any atom is 0.186 e. The van der Waals surface area contributed by atoms with E-state index in [0.29, 0.717) is 13.0 Å². The van der Waals surface area contributed by atoms with E-state index in [0.717, 1.165) is 6.42 Å². The molecule has 3 nitrogen and oxygen atoms in total. The number of aliphatic hydroxyl groups is 1. The van der Waals surface area contributed by atoms with Crippen LogP contribution < -0.4 is 0 Å². The maximum atomic E-state index is 10.5. The first-order chi connectivity index (χ1) is 5.22. The lowest BCUT2D eigenvalue weighted by Crippen LogP contribution is -2.10. The average molecular weight is 176 g/mol. The molecule has 0 radical (unpaired) electrons. The van der Waals surface area contributed by atoms with E-state index in [4.69, 9.17) is 9.84 Å². The van der Waals surface area contributed by atoms with Gasteiger partial charge < -0.3 is 9.84 Å². The first kappa shape index (κ1) is 9.03. The highest BCUT2D eigenvalue weighted by Gasteiger charge is 2.25. The highest BCUT2D eigenvalue weighted by Crippen LogP contribution is 2.22. The first-order valence-electron chi connectivity index (χ1n) is 3.66. The number of carbonyl (C=O) groups excluding carboxylic acids is 1. The van der Waals surface area contributed by atoms with Gasteiger partial charge in [-0.2, -0.15) is 0 Å². The molecular weight excluding hydrogens is 164 g/mol. The Balaban J connectivity index is 2.24. The fourth-order valence-electron chi connectivity index (χ4n) is 1.30. The number of ether oxygens (including phenoxy) is 1. The van der Waals surface area contributed by atoms with Gasteiger partial charge in [0.25, 0.3) is 0 Å². The minimum atomic E-state index is -0.0998. The number of rotatable bonds is 3. The lowest BCUT2D eigenvalue weighted by molar-refractivity contribution is -0.111. The van der Waals surface area contributed by atoms with E-state index in [9.17, 15) is 4.79 Å². The molecule has 2 atom stereocenters. The van der Waals surface area contributed by atoms with Gasteiger partial charge >= 0.3 is 0 Å². The van der Waals surface area contributed by atoms with Crippen molar-refractivity contribution in [3.05, 3.63) is 0 Å². The maximum absolute atomic E-state index is 10.5. The van der Waals surface area contributed by atoms with E-state index < -0.39 is 0 Å². The zero-order chi connectivity index (χ0) is 8.27. The summed E-state index contributed by atoms with van der Waals surface area (Å²) in [5, 5.41) is 8.59. The largest absolute Gasteiger partial charge is 0.394 e. The Morgan fingerprint density at radius 3 is 2.91 bits per heavy atom. The summed E-state index contributed by atoms with van der Waals surface area (Å²) >= 11 is 3.68. The summed E-state index contributed by atoms with van der Waals surface area (Å²) in [6, 6.07) is 0. The predicted molar refractivity (Wildman–Crippen MR) is 43.5 cm³/mol. The number of hydrogen-bond acceptors (Lipinski definition) is 3. The number of thiol groups is 1. The monoisotopic (exact) mass is 176 g/mol. The van der Waals surface area contributed by atoms with E-state index in [2.05, 4.69) is 12.6 Å². The second-order valence-corrected chi connectivity index (χ2v) is 3.34. The minimum absolute atomic E-state index is 0.0528. The van der Waals surface area contributed by atoms with Crippen molar-refractivity contribution in [2.75, 3.05) is 13.2 Å². The summed E-state index contributed by atoms with van der Waals surface area (Å²) in [5.41, 5.74) is 0. The van der Waals surface area contributed by atoms with Gasteiger partial charge in [-0.3, -0.25) is 4.79 Å². The molecule has 4 heteroatoms. The molecule has 0 aromatic heterocycles. The van der Waals surface area contributed by atoms with Crippen molar-refractivity contribution in [3.63, 3.8) is 0 Å². The Kier molecular flexibility index (Phi) is 3.36. The normalized spacial score (nSPS) is 30.7. The fourth-order valence-corrected chi connectivity index (χ4v) is 1.55. The Morgan fingerprint density at radius 1 is 1.73 bits per heavy atom. The van der Waals surface area contributed by atoms with Crippen LogP contribution in [0.25, 0.3) is 0 Å². The molecule has 0 spiro atoms. The number of carbonyl (C=O) groups is 1. The first-order valence-corrected chi connectivity index (χ1v) is 4.11. The molecule has 11 heavy (non-hydrogen) atoms. The molecule has 1 heterocycles. The molecule has 1 aliphatic rings. The fraction of sp³-hybridized carbons (Fsp3) is 0.857. The average Bonchev–Trinajstić information content (AvgIpc) is 2.34. The molecule has 0 bridgehead atoms. The molecule has 1 rings (SSSR count). The summed E-state index contributed by atoms with van der Waals surface area (Å²) in [6.07, 6.45) is 1.18. The third kappa shape index (κ3) is 2.81. The molecule has 0 saturated carbocycles. The Bertz CT molecular complexity index is 149. The number of hydrogen-bond donors (Lipinski definition) is 2. The van der Waals surface area contributed by atoms with E-state index in [1.54, 1.807) is 0 Å². The number of aliphatic hydroxyl groups excluding tert-OH is 1. The van der Waals surface area contributed by atoms with Gasteiger partial charge in [-0.25, -0.2) is 0 Å². The van der Waals surface area contributed by atoms with Crippen molar-refractivity contribution in [1.29, 1.82) is 0 Å². The standard InChI is InChI=1S/C7H12O3S/c8-3-6-1-5(4-10-6)2-7(9)11/h5-6,8H,1-4H2,(H,9,11)/t5-,6+/m0/s1. The van der Waals surface area contributed by atoms with Crippen LogP contribution >= 0.6 is 12.6 Å². The van der Waals surface area contributed by atoms with Crippen molar-refractivity contribution >= 4 is 17.7 Å². The molecular formula is C7H12O3S. The molecule has 1 saturated heterocycles. The predicted octanol–water partition coefficient (Wildman–Crippen LogP) is 0.230. The third-order valence-electron chi connectivity index (χ3n) is 1.83. The van der Waals surface area contributed by atoms with Crippen molar-refractivity contribution in [2.24, 2.45) is 5.92 Å². The second-order valence-electron chi connectivity index (χ2n) is 2.84. The zero-order valence-electron chi connectivity index (χ0n) is 6.19. The zero-order valence-corrected chi connectivity index (χ0v) is 7.09. The van der Waals surface area contributed by atoms with Gasteiger partial charge in [-0.15, -0.1) is 12.6 Å². The molecule has 0 amide bonds. The quantitative estimate of drug-likeness (QED) is 0.605. The van der Waals surface area contributed by atoms with Crippen LogP contribution in [0.4, 0.5) is 0 Å². The van der Waals surface area contributed by atoms with E-state index in [1.165, 1.54) is 0 Å². The van der Waals surface area contributed by atoms with Gasteiger partial charge in [0.05, 0.1) is 19.3 Å². The van der Waals surface area contributed by atoms with Crippen LogP contribution in [0.5, 0.6) is 0 Å². The molecule has 1 N–H and O–H groups in total. The van der Waals surface area contributed by atoms with Gasteiger partial charge in [-0.05, 0) is 12.3 Å². The summed E-state index contributed by atoms with van der Waals surface area (Å²) < 4.78 is 5.18. The SMILES string of the molecule is O=C(S)C[C@H]1CO[C@@H](CO)C1. The van der Waals surface area contributed by atoms with E-state index in [1.807, 2.05) is 0 Å². The van der Waals surface area contributed by atoms with Gasteiger partial charge in [0, 0.05) is 6.42 Å². The lowest BCUT2D eigenvalue weighted by Gasteiger charge is -2.03. The molecule has 64 valence electrons. The van der Waals surface area contributed by atoms with Gasteiger partial charge in [-0.1, -0.05) is 0 Å². The molecule has 0 aliphatic carbocycles. The van der Waals surface area contributed by atoms with Crippen molar-refractivity contribution in [2.45, 2.75) is 18.9 Å². The smallest absolute Gasteiger partial charge is 0.186 e. The third-order valence-corrected chi connectivity index (χ3v) is 2.01. The van der Waals surface area contributed by atoms with Crippen molar-refractivity contribution in [1.82, 2.24) is 0 Å². The molecule has 1 fully saturated rings. The van der Waals surface area contributed by atoms with E-state index in [-0.39, 0.29) is 23.7 Å². The Morgan fingerprint density at radius 2 is 2.45 bits per heavy atom. The van der Waals surface area contributed by atoms with Crippen LogP contribution in [0.3, 0.4) is 0 Å². The molecule has 0 aromatic carbocycles. The summed E-state index contributed by atoms with van der Waals surface area (Å²) in [7, 11) is 0. The van der Waals surface area contributed by atoms with Crippen LogP contribution in [0.2, 0.25) is 0 Å². The lowest BCUT2D eigenvalue weighted by atomic mass is 10.0. The Hall–Kier alpha value is -0.0600. The molecule has 0 aromatic rings. The van der Waals surface area contributed by atoms with Crippen LogP contribution in [0, 0.1) is 5.92 Å². The van der Waals surface area contributed by atoms with Crippen LogP contribution in [0.15, 0.2) is 0 Å². The summed E-state index contributed by atoms with van der Waals surface area (Å²) in [4.78, 5) is 10.5. The molecule has 1 aliphatic heterocycles. The van der Waals surface area contributed by atoms with Gasteiger partial charge in [0.1, 0.15) is 0 Å². The summed E-state index contributed by atoms with van der Waals surface area (Å²) in [5.74, 6) is 0.261. The topological polar surface area (TPSA) is 46.5 Å². The van der Waals surface area contributed by atoms with Gasteiger partial charge in [0.15, 0.2) is 5.12 Å². The van der Waals surface area contributed by atoms with E-state index >= 15 is 0 Å². The molecule has 0 unspecified atom stereocenters. The second kappa shape index (κ2) is 4.09.